The van der Waals surface area contributed by atoms with Gasteiger partial charge in [-0.1, -0.05) is 0 Å². The van der Waals surface area contributed by atoms with Gasteiger partial charge in [-0.25, -0.2) is 0 Å². The van der Waals surface area contributed by atoms with Crippen LogP contribution in [0.2, 0.25) is 0 Å². The Labute approximate surface area is 141 Å². The highest BCUT2D eigenvalue weighted by molar-refractivity contribution is 5.94. The van der Waals surface area contributed by atoms with Crippen molar-refractivity contribution in [1.82, 2.24) is 5.32 Å². The number of phenolic OH excluding ortho intramolecular Hbond substituents is 1. The van der Waals surface area contributed by atoms with Gasteiger partial charge >= 0.3 is 5.97 Å². The molecule has 0 bridgehead atoms. The Bertz CT molecular complexity index is 572. The number of carbonyl (C=O) groups is 2. The molecule has 0 saturated heterocycles. The van der Waals surface area contributed by atoms with E-state index in [0.717, 1.165) is 0 Å². The lowest BCUT2D eigenvalue weighted by atomic mass is 9.93. The minimum absolute atomic E-state index is 0.0246. The molecule has 24 heavy (non-hydrogen) atoms. The fourth-order valence-electron chi connectivity index (χ4n) is 2.40. The average Bonchev–Trinajstić information content (AvgIpc) is 2.47. The number of hydrogen-bond acceptors (Lipinski definition) is 6. The molecule has 1 aromatic carbocycles. The van der Waals surface area contributed by atoms with Gasteiger partial charge in [0.25, 0.3) is 0 Å². The van der Waals surface area contributed by atoms with Gasteiger partial charge in [-0.05, 0) is 20.8 Å². The molecule has 0 spiro atoms. The van der Waals surface area contributed by atoms with Crippen LogP contribution >= 0.6 is 0 Å². The number of rotatable bonds is 8. The van der Waals surface area contributed by atoms with Crippen molar-refractivity contribution in [3.8, 4) is 17.2 Å². The molecule has 0 unspecified atom stereocenters. The zero-order valence-corrected chi connectivity index (χ0v) is 14.8. The molecule has 7 heteroatoms. The van der Waals surface area contributed by atoms with Crippen LogP contribution in [0.1, 0.15) is 32.8 Å². The van der Waals surface area contributed by atoms with Crippen molar-refractivity contribution in [3.63, 3.8) is 0 Å². The van der Waals surface area contributed by atoms with Crippen molar-refractivity contribution in [2.75, 3.05) is 20.8 Å². The van der Waals surface area contributed by atoms with Crippen molar-refractivity contribution >= 4 is 11.9 Å². The Morgan fingerprint density at radius 1 is 1.17 bits per heavy atom. The van der Waals surface area contributed by atoms with Gasteiger partial charge in [-0.15, -0.1) is 0 Å². The number of nitrogens with one attached hydrogen (secondary N) is 1. The van der Waals surface area contributed by atoms with Crippen molar-refractivity contribution in [3.05, 3.63) is 17.7 Å². The van der Waals surface area contributed by atoms with Crippen molar-refractivity contribution in [2.24, 2.45) is 0 Å². The number of ether oxygens (including phenoxy) is 3. The standard InChI is InChI=1S/C17H25NO6/c1-6-24-16(21)9-15(20)18-17(2,3)10-12-13(22-4)7-11(19)8-14(12)23-5/h7-8,19H,6,9-10H2,1-5H3,(H,18,20). The Kier molecular flexibility index (Phi) is 6.88. The van der Waals surface area contributed by atoms with E-state index in [0.29, 0.717) is 23.5 Å². The summed E-state index contributed by atoms with van der Waals surface area (Å²) in [5, 5.41) is 12.5. The summed E-state index contributed by atoms with van der Waals surface area (Å²) in [6.45, 7) is 5.56. The van der Waals surface area contributed by atoms with Crippen molar-refractivity contribution in [1.29, 1.82) is 0 Å². The molecule has 0 aliphatic heterocycles. The van der Waals surface area contributed by atoms with Crippen molar-refractivity contribution < 1.29 is 28.9 Å². The van der Waals surface area contributed by atoms with Crippen LogP contribution in [0.15, 0.2) is 12.1 Å². The van der Waals surface area contributed by atoms with E-state index in [1.54, 1.807) is 6.92 Å². The largest absolute Gasteiger partial charge is 0.508 e. The summed E-state index contributed by atoms with van der Waals surface area (Å²) in [5.41, 5.74) is 0.0421. The first-order valence-corrected chi connectivity index (χ1v) is 7.63. The number of aromatic hydroxyl groups is 1. The molecule has 0 atom stereocenters. The van der Waals surface area contributed by atoms with Crippen molar-refractivity contribution in [2.45, 2.75) is 39.2 Å². The third kappa shape index (κ3) is 5.64. The molecule has 0 aliphatic carbocycles. The van der Waals surface area contributed by atoms with E-state index in [-0.39, 0.29) is 18.8 Å². The molecule has 1 aromatic rings. The van der Waals surface area contributed by atoms with E-state index < -0.39 is 17.4 Å². The predicted molar refractivity (Wildman–Crippen MR) is 88.4 cm³/mol. The number of methoxy groups -OCH3 is 2. The van der Waals surface area contributed by atoms with Gasteiger partial charge in [0.2, 0.25) is 5.91 Å². The summed E-state index contributed by atoms with van der Waals surface area (Å²) in [7, 11) is 2.98. The summed E-state index contributed by atoms with van der Waals surface area (Å²) >= 11 is 0. The van der Waals surface area contributed by atoms with E-state index in [4.69, 9.17) is 14.2 Å². The first-order valence-electron chi connectivity index (χ1n) is 7.63. The lowest BCUT2D eigenvalue weighted by molar-refractivity contribution is -0.146. The molecule has 7 nitrogen and oxygen atoms in total. The lowest BCUT2D eigenvalue weighted by Crippen LogP contribution is -2.45. The molecule has 134 valence electrons. The quantitative estimate of drug-likeness (QED) is 0.554. The van der Waals surface area contributed by atoms with E-state index in [1.165, 1.54) is 26.4 Å². The summed E-state index contributed by atoms with van der Waals surface area (Å²) in [5.74, 6) is -0.0449. The molecule has 0 aromatic heterocycles. The predicted octanol–water partition coefficient (Wildman–Crippen LogP) is 1.80. The summed E-state index contributed by atoms with van der Waals surface area (Å²) < 4.78 is 15.3. The zero-order valence-electron chi connectivity index (χ0n) is 14.8. The van der Waals surface area contributed by atoms with Crippen LogP contribution in [0.25, 0.3) is 0 Å². The maximum Gasteiger partial charge on any atom is 0.315 e. The summed E-state index contributed by atoms with van der Waals surface area (Å²) in [4.78, 5) is 23.4. The van der Waals surface area contributed by atoms with Crippen LogP contribution in [0.4, 0.5) is 0 Å². The van der Waals surface area contributed by atoms with Gasteiger partial charge in [0, 0.05) is 29.7 Å². The molecule has 0 aliphatic rings. The number of phenols is 1. The fraction of sp³-hybridized carbons (Fsp3) is 0.529. The summed E-state index contributed by atoms with van der Waals surface area (Å²) in [6.07, 6.45) is 0.0509. The molecular weight excluding hydrogens is 314 g/mol. The second-order valence-electron chi connectivity index (χ2n) is 5.92. The van der Waals surface area contributed by atoms with Gasteiger partial charge in [-0.2, -0.15) is 0 Å². The third-order valence-corrected chi connectivity index (χ3v) is 3.30. The zero-order chi connectivity index (χ0) is 18.3. The monoisotopic (exact) mass is 339 g/mol. The van der Waals surface area contributed by atoms with Crippen LogP contribution in [-0.4, -0.2) is 43.3 Å². The van der Waals surface area contributed by atoms with Gasteiger partial charge in [0.15, 0.2) is 0 Å². The Hall–Kier alpha value is -2.44. The van der Waals surface area contributed by atoms with Crippen LogP contribution < -0.4 is 14.8 Å². The van der Waals surface area contributed by atoms with Gasteiger partial charge in [0.1, 0.15) is 23.7 Å². The average molecular weight is 339 g/mol. The minimum Gasteiger partial charge on any atom is -0.508 e. The van der Waals surface area contributed by atoms with Crippen LogP contribution in [-0.2, 0) is 20.7 Å². The van der Waals surface area contributed by atoms with E-state index in [9.17, 15) is 14.7 Å². The normalized spacial score (nSPS) is 10.9. The van der Waals surface area contributed by atoms with E-state index in [1.807, 2.05) is 13.8 Å². The van der Waals surface area contributed by atoms with Crippen LogP contribution in [0.3, 0.4) is 0 Å². The molecular formula is C17H25NO6. The second kappa shape index (κ2) is 8.42. The first kappa shape index (κ1) is 19.6. The van der Waals surface area contributed by atoms with Gasteiger partial charge < -0.3 is 24.6 Å². The second-order valence-corrected chi connectivity index (χ2v) is 5.92. The molecule has 1 amide bonds. The number of amides is 1. The molecule has 0 radical (unpaired) electrons. The molecule has 1 rings (SSSR count). The highest BCUT2D eigenvalue weighted by Crippen LogP contribution is 2.35. The highest BCUT2D eigenvalue weighted by Gasteiger charge is 2.26. The number of hydrogen-bond donors (Lipinski definition) is 2. The number of carbonyl (C=O) groups excluding carboxylic acids is 2. The maximum absolute atomic E-state index is 12.0. The Morgan fingerprint density at radius 2 is 1.71 bits per heavy atom. The van der Waals surface area contributed by atoms with E-state index >= 15 is 0 Å². The van der Waals surface area contributed by atoms with Gasteiger partial charge in [-0.3, -0.25) is 9.59 Å². The molecule has 0 fully saturated rings. The maximum atomic E-state index is 12.0. The SMILES string of the molecule is CCOC(=O)CC(=O)NC(C)(C)Cc1c(OC)cc(O)cc1OC. The number of esters is 1. The smallest absolute Gasteiger partial charge is 0.315 e. The van der Waals surface area contributed by atoms with Crippen LogP contribution in [0, 0.1) is 0 Å². The van der Waals surface area contributed by atoms with E-state index in [2.05, 4.69) is 5.32 Å². The topological polar surface area (TPSA) is 94.1 Å². The Morgan fingerprint density at radius 3 is 2.17 bits per heavy atom. The Balaban J connectivity index is 2.90. The van der Waals surface area contributed by atoms with Crippen LogP contribution in [0.5, 0.6) is 17.2 Å². The first-order chi connectivity index (χ1) is 11.2. The molecule has 0 heterocycles. The molecule has 2 N–H and O–H groups in total. The lowest BCUT2D eigenvalue weighted by Gasteiger charge is -2.28. The fourth-order valence-corrected chi connectivity index (χ4v) is 2.40. The minimum atomic E-state index is -0.666. The van der Waals surface area contributed by atoms with Gasteiger partial charge in [0.05, 0.1) is 20.8 Å². The number of benzene rings is 1. The third-order valence-electron chi connectivity index (χ3n) is 3.30. The highest BCUT2D eigenvalue weighted by atomic mass is 16.5. The molecule has 0 saturated carbocycles. The summed E-state index contributed by atoms with van der Waals surface area (Å²) in [6, 6.07) is 2.96.